The summed E-state index contributed by atoms with van der Waals surface area (Å²) in [6.45, 7) is 4.04. The van der Waals surface area contributed by atoms with Crippen LogP contribution in [-0.4, -0.2) is 44.0 Å². The second kappa shape index (κ2) is 7.16. The number of likely N-dealkylation sites (N-methyl/N-ethyl adjacent to an activating group) is 1. The minimum absolute atomic E-state index is 0.148. The Kier molecular flexibility index (Phi) is 4.92. The lowest BCUT2D eigenvalue weighted by Crippen LogP contribution is -2.44. The number of carbonyl (C=O) groups is 1. The Morgan fingerprint density at radius 3 is 2.68 bits per heavy atom. The van der Waals surface area contributed by atoms with E-state index in [-0.39, 0.29) is 5.91 Å². The maximum Gasteiger partial charge on any atom is 0.224 e. The molecule has 1 amide bonds. The zero-order chi connectivity index (χ0) is 17.4. The number of nitrogens with zero attached hydrogens (tertiary/aromatic N) is 2. The summed E-state index contributed by atoms with van der Waals surface area (Å²) in [6.07, 6.45) is 5.97. The predicted molar refractivity (Wildman–Crippen MR) is 103 cm³/mol. The molecule has 4 rings (SSSR count). The van der Waals surface area contributed by atoms with E-state index in [1.807, 2.05) is 18.2 Å². The van der Waals surface area contributed by atoms with Gasteiger partial charge in [-0.1, -0.05) is 18.0 Å². The average molecular weight is 362 g/mol. The van der Waals surface area contributed by atoms with Crippen LogP contribution in [0.15, 0.2) is 18.2 Å². The van der Waals surface area contributed by atoms with Crippen molar-refractivity contribution in [3.05, 3.63) is 23.2 Å². The number of fused-ring (bicyclic) bond motifs is 2. The Morgan fingerprint density at radius 2 is 2.00 bits per heavy atom. The molecule has 1 aromatic rings. The van der Waals surface area contributed by atoms with Crippen LogP contribution < -0.4 is 10.2 Å². The van der Waals surface area contributed by atoms with Crippen molar-refractivity contribution in [3.63, 3.8) is 0 Å². The molecule has 1 aromatic carbocycles. The van der Waals surface area contributed by atoms with E-state index in [1.165, 1.54) is 25.7 Å². The first kappa shape index (κ1) is 17.2. The molecule has 0 spiro atoms. The summed E-state index contributed by atoms with van der Waals surface area (Å²) in [4.78, 5) is 17.3. The van der Waals surface area contributed by atoms with Gasteiger partial charge < -0.3 is 15.1 Å². The fraction of sp³-hybridized carbons (Fsp3) is 0.650. The smallest absolute Gasteiger partial charge is 0.224 e. The van der Waals surface area contributed by atoms with E-state index in [9.17, 15) is 4.79 Å². The van der Waals surface area contributed by atoms with Crippen LogP contribution in [0.2, 0.25) is 5.02 Å². The van der Waals surface area contributed by atoms with Crippen LogP contribution in [0.5, 0.6) is 0 Å². The van der Waals surface area contributed by atoms with E-state index < -0.39 is 0 Å². The summed E-state index contributed by atoms with van der Waals surface area (Å²) in [7, 11) is 2.15. The first-order chi connectivity index (χ1) is 12.1. The van der Waals surface area contributed by atoms with E-state index in [0.717, 1.165) is 49.4 Å². The minimum atomic E-state index is 0.148. The molecule has 3 fully saturated rings. The zero-order valence-electron chi connectivity index (χ0n) is 15.0. The molecular formula is C20H28ClN3O. The Balaban J connectivity index is 1.44. The van der Waals surface area contributed by atoms with Gasteiger partial charge in [0.15, 0.2) is 0 Å². The van der Waals surface area contributed by atoms with Crippen LogP contribution in [-0.2, 0) is 4.79 Å². The first-order valence-electron chi connectivity index (χ1n) is 9.61. The molecule has 1 saturated heterocycles. The molecule has 1 aliphatic heterocycles. The molecule has 1 heterocycles. The van der Waals surface area contributed by atoms with Gasteiger partial charge in [0.2, 0.25) is 5.91 Å². The number of anilines is 2. The van der Waals surface area contributed by atoms with Gasteiger partial charge in [-0.15, -0.1) is 0 Å². The molecule has 136 valence electrons. The van der Waals surface area contributed by atoms with Gasteiger partial charge in [-0.3, -0.25) is 4.79 Å². The molecule has 5 heteroatoms. The third kappa shape index (κ3) is 3.80. The summed E-state index contributed by atoms with van der Waals surface area (Å²) >= 11 is 6.21. The van der Waals surface area contributed by atoms with E-state index in [4.69, 9.17) is 11.6 Å². The molecule has 3 atom stereocenters. The zero-order valence-corrected chi connectivity index (χ0v) is 15.8. The van der Waals surface area contributed by atoms with Crippen LogP contribution in [0.3, 0.4) is 0 Å². The Hall–Kier alpha value is -1.26. The molecule has 4 nitrogen and oxygen atoms in total. The van der Waals surface area contributed by atoms with Crippen molar-refractivity contribution in [1.82, 2.24) is 4.90 Å². The number of amides is 1. The summed E-state index contributed by atoms with van der Waals surface area (Å²) in [5, 5.41) is 3.84. The van der Waals surface area contributed by atoms with Crippen molar-refractivity contribution >= 4 is 28.9 Å². The molecule has 25 heavy (non-hydrogen) atoms. The van der Waals surface area contributed by atoms with Crippen LogP contribution in [0.4, 0.5) is 11.4 Å². The summed E-state index contributed by atoms with van der Waals surface area (Å²) in [6, 6.07) is 5.86. The molecule has 2 saturated carbocycles. The van der Waals surface area contributed by atoms with Crippen molar-refractivity contribution in [1.29, 1.82) is 0 Å². The number of nitrogens with one attached hydrogen (secondary N) is 1. The number of hydrogen-bond acceptors (Lipinski definition) is 3. The van der Waals surface area contributed by atoms with Gasteiger partial charge in [-0.2, -0.15) is 0 Å². The highest BCUT2D eigenvalue weighted by atomic mass is 35.5. The molecule has 0 radical (unpaired) electrons. The summed E-state index contributed by atoms with van der Waals surface area (Å²) in [5.41, 5.74) is 1.96. The van der Waals surface area contributed by atoms with Gasteiger partial charge in [0.05, 0.1) is 11.4 Å². The van der Waals surface area contributed by atoms with Gasteiger partial charge in [-0.05, 0) is 62.3 Å². The van der Waals surface area contributed by atoms with Gasteiger partial charge >= 0.3 is 0 Å². The monoisotopic (exact) mass is 361 g/mol. The Bertz CT molecular complexity index is 642. The second-order valence-electron chi connectivity index (χ2n) is 8.14. The highest BCUT2D eigenvalue weighted by molar-refractivity contribution is 6.31. The van der Waals surface area contributed by atoms with Gasteiger partial charge in [0.1, 0.15) is 0 Å². The summed E-state index contributed by atoms with van der Waals surface area (Å²) in [5.74, 6) is 2.40. The predicted octanol–water partition coefficient (Wildman–Crippen LogP) is 3.86. The highest BCUT2D eigenvalue weighted by Crippen LogP contribution is 2.49. The molecule has 2 aliphatic carbocycles. The summed E-state index contributed by atoms with van der Waals surface area (Å²) < 4.78 is 0. The largest absolute Gasteiger partial charge is 0.367 e. The lowest BCUT2D eigenvalue weighted by molar-refractivity contribution is -0.117. The number of halogens is 1. The maximum absolute atomic E-state index is 12.7. The third-order valence-corrected chi connectivity index (χ3v) is 6.64. The number of rotatable bonds is 4. The number of carbonyl (C=O) groups excluding carboxylic acids is 1. The molecule has 1 N–H and O–H groups in total. The second-order valence-corrected chi connectivity index (χ2v) is 8.58. The maximum atomic E-state index is 12.7. The average Bonchev–Trinajstić information content (AvgIpc) is 3.19. The molecule has 3 aliphatic rings. The van der Waals surface area contributed by atoms with Crippen LogP contribution in [0.25, 0.3) is 0 Å². The van der Waals surface area contributed by atoms with Crippen molar-refractivity contribution in [2.75, 3.05) is 43.4 Å². The molecule has 0 aromatic heterocycles. The SMILES string of the molecule is CN1CCN(c2ccc(Cl)cc2NC(=O)CC2CC3CCC2C3)CC1. The molecular weight excluding hydrogens is 334 g/mol. The fourth-order valence-electron chi connectivity index (χ4n) is 5.00. The van der Waals surface area contributed by atoms with E-state index >= 15 is 0 Å². The van der Waals surface area contributed by atoms with E-state index in [0.29, 0.717) is 17.4 Å². The molecule has 2 bridgehead atoms. The topological polar surface area (TPSA) is 35.6 Å². The highest BCUT2D eigenvalue weighted by Gasteiger charge is 2.40. The third-order valence-electron chi connectivity index (χ3n) is 6.41. The van der Waals surface area contributed by atoms with Gasteiger partial charge in [0.25, 0.3) is 0 Å². The standard InChI is InChI=1S/C20H28ClN3O/c1-23-6-8-24(9-7-23)19-5-4-17(21)13-18(19)22-20(25)12-16-11-14-2-3-15(16)10-14/h4-5,13-16H,2-3,6-12H2,1H3,(H,22,25). The van der Waals surface area contributed by atoms with E-state index in [2.05, 4.69) is 22.2 Å². The normalized spacial score (nSPS) is 29.2. The molecule has 3 unspecified atom stereocenters. The van der Waals surface area contributed by atoms with Crippen molar-refractivity contribution < 1.29 is 4.79 Å². The van der Waals surface area contributed by atoms with Crippen LogP contribution in [0, 0.1) is 17.8 Å². The lowest BCUT2D eigenvalue weighted by atomic mass is 9.86. The van der Waals surface area contributed by atoms with E-state index in [1.54, 1.807) is 0 Å². The van der Waals surface area contributed by atoms with Gasteiger partial charge in [-0.25, -0.2) is 0 Å². The minimum Gasteiger partial charge on any atom is -0.367 e. The van der Waals surface area contributed by atoms with Crippen molar-refractivity contribution in [3.8, 4) is 0 Å². The van der Waals surface area contributed by atoms with Crippen molar-refractivity contribution in [2.24, 2.45) is 17.8 Å². The van der Waals surface area contributed by atoms with Crippen molar-refractivity contribution in [2.45, 2.75) is 32.1 Å². The number of hydrogen-bond donors (Lipinski definition) is 1. The number of benzene rings is 1. The quantitative estimate of drug-likeness (QED) is 0.884. The van der Waals surface area contributed by atoms with Gasteiger partial charge in [0, 0.05) is 37.6 Å². The van der Waals surface area contributed by atoms with Crippen LogP contribution >= 0.6 is 11.6 Å². The lowest BCUT2D eigenvalue weighted by Gasteiger charge is -2.35. The Morgan fingerprint density at radius 1 is 1.20 bits per heavy atom. The first-order valence-corrected chi connectivity index (χ1v) is 9.99. The fourth-order valence-corrected chi connectivity index (χ4v) is 5.17. The number of piperazine rings is 1. The Labute approximate surface area is 155 Å². The van der Waals surface area contributed by atoms with Crippen LogP contribution in [0.1, 0.15) is 32.1 Å².